The molecule has 0 amide bonds. The lowest BCUT2D eigenvalue weighted by Gasteiger charge is -2.14. The Bertz CT molecular complexity index is 627. The summed E-state index contributed by atoms with van der Waals surface area (Å²) < 4.78 is 3.02. The zero-order chi connectivity index (χ0) is 14.7. The summed E-state index contributed by atoms with van der Waals surface area (Å²) in [5, 5.41) is 4.72. The molecule has 1 aromatic heterocycles. The molecule has 0 radical (unpaired) electrons. The molecule has 0 saturated heterocycles. The van der Waals surface area contributed by atoms with Gasteiger partial charge in [0.05, 0.1) is 11.6 Å². The number of hydrogen-bond acceptors (Lipinski definition) is 2. The van der Waals surface area contributed by atoms with E-state index >= 15 is 0 Å². The second-order valence-corrected chi connectivity index (χ2v) is 6.60. The van der Waals surface area contributed by atoms with Gasteiger partial charge in [0.15, 0.2) is 6.29 Å². The molecule has 3 rings (SSSR count). The fraction of sp³-hybridized carbons (Fsp3) is 0.412. The van der Waals surface area contributed by atoms with E-state index < -0.39 is 0 Å². The van der Waals surface area contributed by atoms with Crippen LogP contribution in [-0.4, -0.2) is 16.1 Å². The van der Waals surface area contributed by atoms with Crippen molar-refractivity contribution in [3.8, 4) is 11.3 Å². The summed E-state index contributed by atoms with van der Waals surface area (Å²) in [5.41, 5.74) is 2.45. The third-order valence-corrected chi connectivity index (χ3v) is 4.68. The van der Waals surface area contributed by atoms with Gasteiger partial charge in [0.2, 0.25) is 0 Å². The molecule has 1 aliphatic rings. The monoisotopic (exact) mass is 346 g/mol. The molecule has 1 heterocycles. The van der Waals surface area contributed by atoms with Crippen molar-refractivity contribution in [2.24, 2.45) is 0 Å². The Morgan fingerprint density at radius 3 is 2.62 bits per heavy atom. The van der Waals surface area contributed by atoms with E-state index in [-0.39, 0.29) is 0 Å². The van der Waals surface area contributed by atoms with E-state index in [0.29, 0.717) is 11.6 Å². The van der Waals surface area contributed by atoms with Gasteiger partial charge in [0, 0.05) is 16.2 Å². The third kappa shape index (κ3) is 3.26. The molecule has 0 bridgehead atoms. The van der Waals surface area contributed by atoms with Crippen LogP contribution >= 0.6 is 15.9 Å². The lowest BCUT2D eigenvalue weighted by atomic mass is 10.1. The highest BCUT2D eigenvalue weighted by Crippen LogP contribution is 2.30. The summed E-state index contributed by atoms with van der Waals surface area (Å²) >= 11 is 3.48. The highest BCUT2D eigenvalue weighted by atomic mass is 79.9. The van der Waals surface area contributed by atoms with Crippen LogP contribution in [0.3, 0.4) is 0 Å². The maximum absolute atomic E-state index is 11.4. The maximum Gasteiger partial charge on any atom is 0.153 e. The molecule has 0 atom stereocenters. The first kappa shape index (κ1) is 14.5. The van der Waals surface area contributed by atoms with Gasteiger partial charge in [0.25, 0.3) is 0 Å². The lowest BCUT2D eigenvalue weighted by Crippen LogP contribution is -2.08. The van der Waals surface area contributed by atoms with Crippen molar-refractivity contribution in [1.82, 2.24) is 9.78 Å². The number of carbonyl (C=O) groups excluding carboxylic acids is 1. The van der Waals surface area contributed by atoms with Gasteiger partial charge in [-0.25, -0.2) is 0 Å². The normalized spacial score (nSPS) is 16.6. The van der Waals surface area contributed by atoms with Gasteiger partial charge in [-0.15, -0.1) is 0 Å². The fourth-order valence-corrected chi connectivity index (χ4v) is 3.46. The van der Waals surface area contributed by atoms with Crippen LogP contribution in [0.1, 0.15) is 54.9 Å². The molecule has 2 aromatic rings. The number of halogens is 1. The summed E-state index contributed by atoms with van der Waals surface area (Å²) in [6, 6.07) is 8.39. The molecule has 21 heavy (non-hydrogen) atoms. The highest BCUT2D eigenvalue weighted by molar-refractivity contribution is 9.10. The zero-order valence-corrected chi connectivity index (χ0v) is 13.6. The van der Waals surface area contributed by atoms with Gasteiger partial charge in [0.1, 0.15) is 5.69 Å². The standard InChI is InChI=1S/C17H19BrN2O/c18-15-7-5-6-13(10-15)17-14(12-21)11-20(19-17)16-8-3-1-2-4-9-16/h5-7,10-12,16H,1-4,8-9H2. The minimum atomic E-state index is 0.437. The molecule has 1 aliphatic carbocycles. The summed E-state index contributed by atoms with van der Waals surface area (Å²) in [6.07, 6.45) is 10.3. The van der Waals surface area contributed by atoms with Crippen molar-refractivity contribution in [2.75, 3.05) is 0 Å². The van der Waals surface area contributed by atoms with Crippen molar-refractivity contribution in [3.05, 3.63) is 40.5 Å². The van der Waals surface area contributed by atoms with E-state index in [1.807, 2.05) is 35.1 Å². The summed E-state index contributed by atoms with van der Waals surface area (Å²) in [6.45, 7) is 0. The molecular formula is C17H19BrN2O. The minimum absolute atomic E-state index is 0.437. The smallest absolute Gasteiger partial charge is 0.153 e. The number of hydrogen-bond donors (Lipinski definition) is 0. The van der Waals surface area contributed by atoms with E-state index in [4.69, 9.17) is 5.10 Å². The maximum atomic E-state index is 11.4. The molecule has 4 heteroatoms. The van der Waals surface area contributed by atoms with Crippen molar-refractivity contribution in [3.63, 3.8) is 0 Å². The van der Waals surface area contributed by atoms with Crippen LogP contribution in [0, 0.1) is 0 Å². The Morgan fingerprint density at radius 2 is 1.95 bits per heavy atom. The first-order valence-corrected chi connectivity index (χ1v) is 8.37. The highest BCUT2D eigenvalue weighted by Gasteiger charge is 2.18. The van der Waals surface area contributed by atoms with Gasteiger partial charge in [-0.3, -0.25) is 9.48 Å². The largest absolute Gasteiger partial charge is 0.298 e. The minimum Gasteiger partial charge on any atom is -0.298 e. The molecule has 1 saturated carbocycles. The second kappa shape index (κ2) is 6.56. The number of carbonyl (C=O) groups is 1. The molecule has 0 spiro atoms. The van der Waals surface area contributed by atoms with Crippen molar-refractivity contribution >= 4 is 22.2 Å². The van der Waals surface area contributed by atoms with Crippen LogP contribution < -0.4 is 0 Å². The van der Waals surface area contributed by atoms with Crippen molar-refractivity contribution in [2.45, 2.75) is 44.6 Å². The number of aldehydes is 1. The average molecular weight is 347 g/mol. The number of rotatable bonds is 3. The number of aromatic nitrogens is 2. The number of nitrogens with zero attached hydrogens (tertiary/aromatic N) is 2. The van der Waals surface area contributed by atoms with Crippen LogP contribution in [0.2, 0.25) is 0 Å². The van der Waals surface area contributed by atoms with Crippen LogP contribution in [0.5, 0.6) is 0 Å². The first-order valence-electron chi connectivity index (χ1n) is 7.58. The lowest BCUT2D eigenvalue weighted by molar-refractivity contribution is 0.112. The van der Waals surface area contributed by atoms with Crippen LogP contribution in [0.4, 0.5) is 0 Å². The molecule has 3 nitrogen and oxygen atoms in total. The van der Waals surface area contributed by atoms with Gasteiger partial charge >= 0.3 is 0 Å². The molecule has 0 aliphatic heterocycles. The van der Waals surface area contributed by atoms with Crippen molar-refractivity contribution in [1.29, 1.82) is 0 Å². The van der Waals surface area contributed by atoms with Gasteiger partial charge < -0.3 is 0 Å². The second-order valence-electron chi connectivity index (χ2n) is 5.69. The predicted molar refractivity (Wildman–Crippen MR) is 87.5 cm³/mol. The van der Waals surface area contributed by atoms with Gasteiger partial charge in [-0.05, 0) is 25.0 Å². The Kier molecular flexibility index (Phi) is 4.54. The Morgan fingerprint density at radius 1 is 1.19 bits per heavy atom. The zero-order valence-electron chi connectivity index (χ0n) is 12.0. The van der Waals surface area contributed by atoms with Gasteiger partial charge in [-0.2, -0.15) is 5.10 Å². The first-order chi connectivity index (χ1) is 10.3. The molecule has 1 fully saturated rings. The topological polar surface area (TPSA) is 34.9 Å². The van der Waals surface area contributed by atoms with E-state index in [1.54, 1.807) is 0 Å². The van der Waals surface area contributed by atoms with Gasteiger partial charge in [-0.1, -0.05) is 53.7 Å². The molecule has 110 valence electrons. The van der Waals surface area contributed by atoms with Crippen LogP contribution in [-0.2, 0) is 0 Å². The molecule has 1 aromatic carbocycles. The van der Waals surface area contributed by atoms with Crippen LogP contribution in [0.25, 0.3) is 11.3 Å². The SMILES string of the molecule is O=Cc1cn(C2CCCCCC2)nc1-c1cccc(Br)c1. The van der Waals surface area contributed by atoms with E-state index in [0.717, 1.165) is 34.9 Å². The third-order valence-electron chi connectivity index (χ3n) is 4.18. The average Bonchev–Trinajstić information content (AvgIpc) is 2.74. The fourth-order valence-electron chi connectivity index (χ4n) is 3.06. The Hall–Kier alpha value is -1.42. The summed E-state index contributed by atoms with van der Waals surface area (Å²) in [5.74, 6) is 0. The summed E-state index contributed by atoms with van der Waals surface area (Å²) in [4.78, 5) is 11.4. The quantitative estimate of drug-likeness (QED) is 0.577. The summed E-state index contributed by atoms with van der Waals surface area (Å²) in [7, 11) is 0. The number of benzene rings is 1. The van der Waals surface area contributed by atoms with Crippen LogP contribution in [0.15, 0.2) is 34.9 Å². The molecule has 0 N–H and O–H groups in total. The van der Waals surface area contributed by atoms with E-state index in [2.05, 4.69) is 15.9 Å². The Balaban J connectivity index is 1.96. The van der Waals surface area contributed by atoms with Crippen molar-refractivity contribution < 1.29 is 4.79 Å². The van der Waals surface area contributed by atoms with E-state index in [1.165, 1.54) is 25.7 Å². The molecule has 0 unspecified atom stereocenters. The predicted octanol–water partition coefficient (Wildman–Crippen LogP) is 5.02. The Labute approximate surface area is 133 Å². The van der Waals surface area contributed by atoms with E-state index in [9.17, 15) is 4.79 Å². The molecular weight excluding hydrogens is 328 g/mol.